The van der Waals surface area contributed by atoms with Gasteiger partial charge in [0.15, 0.2) is 6.10 Å². The number of imidazole rings is 1. The number of carbonyl (C=O) groups is 1. The Labute approximate surface area is 146 Å². The Morgan fingerprint density at radius 1 is 1.38 bits per heavy atom. The van der Waals surface area contributed by atoms with Gasteiger partial charge in [0, 0.05) is 36.1 Å². The second-order valence-corrected chi connectivity index (χ2v) is 7.39. The van der Waals surface area contributed by atoms with Crippen LogP contribution in [0.1, 0.15) is 24.7 Å². The third-order valence-corrected chi connectivity index (χ3v) is 5.87. The summed E-state index contributed by atoms with van der Waals surface area (Å²) >= 11 is 1.70. The highest BCUT2D eigenvalue weighted by molar-refractivity contribution is 7.99. The average Bonchev–Trinajstić information content (AvgIpc) is 3.07. The summed E-state index contributed by atoms with van der Waals surface area (Å²) in [7, 11) is 0. The number of hydrogen-bond donors (Lipinski definition) is 0. The first kappa shape index (κ1) is 15.6. The zero-order valence-electron chi connectivity index (χ0n) is 13.7. The molecular weight excluding hydrogens is 322 g/mol. The molecule has 2 atom stereocenters. The first-order chi connectivity index (χ1) is 11.7. The SMILES string of the molecule is Cc1nccn1[C@H]1CCCN(C(=O)[C@@H]2CSc3ccccc3O2)C1. The first-order valence-electron chi connectivity index (χ1n) is 8.39. The fraction of sp³-hybridized carbons (Fsp3) is 0.444. The number of para-hydroxylation sites is 1. The van der Waals surface area contributed by atoms with Crippen LogP contribution in [-0.2, 0) is 4.79 Å². The van der Waals surface area contributed by atoms with E-state index in [0.29, 0.717) is 11.8 Å². The van der Waals surface area contributed by atoms with Crippen LogP contribution in [0.3, 0.4) is 0 Å². The molecule has 2 aliphatic rings. The highest BCUT2D eigenvalue weighted by atomic mass is 32.2. The Morgan fingerprint density at radius 2 is 2.25 bits per heavy atom. The minimum atomic E-state index is -0.382. The molecule has 6 heteroatoms. The van der Waals surface area contributed by atoms with Crippen molar-refractivity contribution in [3.8, 4) is 5.75 Å². The summed E-state index contributed by atoms with van der Waals surface area (Å²) in [4.78, 5) is 20.3. The molecule has 1 amide bonds. The number of amides is 1. The van der Waals surface area contributed by atoms with Crippen molar-refractivity contribution in [2.24, 2.45) is 0 Å². The van der Waals surface area contributed by atoms with Crippen LogP contribution in [0.15, 0.2) is 41.6 Å². The van der Waals surface area contributed by atoms with Gasteiger partial charge >= 0.3 is 0 Å². The molecule has 1 saturated heterocycles. The van der Waals surface area contributed by atoms with Crippen molar-refractivity contribution < 1.29 is 9.53 Å². The van der Waals surface area contributed by atoms with E-state index >= 15 is 0 Å². The van der Waals surface area contributed by atoms with E-state index in [1.54, 1.807) is 11.8 Å². The fourth-order valence-corrected chi connectivity index (χ4v) is 4.48. The van der Waals surface area contributed by atoms with Crippen molar-refractivity contribution in [2.45, 2.75) is 36.8 Å². The molecule has 2 aliphatic heterocycles. The van der Waals surface area contributed by atoms with Gasteiger partial charge < -0.3 is 14.2 Å². The fourth-order valence-electron chi connectivity index (χ4n) is 3.50. The third kappa shape index (κ3) is 2.90. The molecule has 0 spiro atoms. The number of fused-ring (bicyclic) bond motifs is 1. The number of rotatable bonds is 2. The normalized spacial score (nSPS) is 23.5. The minimum Gasteiger partial charge on any atom is -0.479 e. The van der Waals surface area contributed by atoms with Gasteiger partial charge in [0.1, 0.15) is 11.6 Å². The summed E-state index contributed by atoms with van der Waals surface area (Å²) < 4.78 is 8.15. The maximum absolute atomic E-state index is 12.9. The average molecular weight is 343 g/mol. The van der Waals surface area contributed by atoms with Crippen LogP contribution in [0.2, 0.25) is 0 Å². The summed E-state index contributed by atoms with van der Waals surface area (Å²) in [5.74, 6) is 2.62. The molecule has 3 heterocycles. The highest BCUT2D eigenvalue weighted by Crippen LogP contribution is 2.35. The topological polar surface area (TPSA) is 47.4 Å². The number of thioether (sulfide) groups is 1. The van der Waals surface area contributed by atoms with Crippen LogP contribution in [0.5, 0.6) is 5.75 Å². The standard InChI is InChI=1S/C18H21N3O2S/c1-13-19-8-10-21(13)14-5-4-9-20(11-14)18(22)16-12-24-17-7-3-2-6-15(17)23-16/h2-3,6-8,10,14,16H,4-5,9,11-12H2,1H3/t14-,16-/m0/s1. The van der Waals surface area contributed by atoms with Crippen molar-refractivity contribution in [3.63, 3.8) is 0 Å². The molecule has 0 bridgehead atoms. The Balaban J connectivity index is 1.46. The number of likely N-dealkylation sites (tertiary alicyclic amines) is 1. The largest absolute Gasteiger partial charge is 0.479 e. The van der Waals surface area contributed by atoms with Gasteiger partial charge in [0.25, 0.3) is 5.91 Å². The number of hydrogen-bond acceptors (Lipinski definition) is 4. The van der Waals surface area contributed by atoms with E-state index in [1.807, 2.05) is 48.5 Å². The minimum absolute atomic E-state index is 0.111. The van der Waals surface area contributed by atoms with Crippen molar-refractivity contribution in [1.82, 2.24) is 14.5 Å². The molecule has 5 nitrogen and oxygen atoms in total. The summed E-state index contributed by atoms with van der Waals surface area (Å²) in [6.07, 6.45) is 5.56. The van der Waals surface area contributed by atoms with Crippen molar-refractivity contribution >= 4 is 17.7 Å². The number of benzene rings is 1. The number of aromatic nitrogens is 2. The first-order valence-corrected chi connectivity index (χ1v) is 9.37. The molecular formula is C18H21N3O2S. The summed E-state index contributed by atoms with van der Waals surface area (Å²) in [5.41, 5.74) is 0. The molecule has 1 aromatic carbocycles. The quantitative estimate of drug-likeness (QED) is 0.841. The van der Waals surface area contributed by atoms with E-state index in [2.05, 4.69) is 9.55 Å². The molecule has 1 aromatic heterocycles. The zero-order chi connectivity index (χ0) is 16.5. The second-order valence-electron chi connectivity index (χ2n) is 6.33. The maximum atomic E-state index is 12.9. The van der Waals surface area contributed by atoms with Gasteiger partial charge in [-0.05, 0) is 31.9 Å². The van der Waals surface area contributed by atoms with Crippen molar-refractivity contribution in [3.05, 3.63) is 42.5 Å². The van der Waals surface area contributed by atoms with E-state index in [4.69, 9.17) is 4.74 Å². The maximum Gasteiger partial charge on any atom is 0.264 e. The highest BCUT2D eigenvalue weighted by Gasteiger charge is 2.33. The van der Waals surface area contributed by atoms with Gasteiger partial charge in [0.2, 0.25) is 0 Å². The monoisotopic (exact) mass is 343 g/mol. The number of nitrogens with zero attached hydrogens (tertiary/aromatic N) is 3. The Hall–Kier alpha value is -1.95. The van der Waals surface area contributed by atoms with Crippen LogP contribution in [-0.4, -0.2) is 45.3 Å². The predicted molar refractivity (Wildman–Crippen MR) is 93.4 cm³/mol. The van der Waals surface area contributed by atoms with Gasteiger partial charge in [-0.15, -0.1) is 11.8 Å². The lowest BCUT2D eigenvalue weighted by atomic mass is 10.0. The lowest BCUT2D eigenvalue weighted by molar-refractivity contribution is -0.139. The third-order valence-electron chi connectivity index (χ3n) is 4.75. The Morgan fingerprint density at radius 3 is 3.08 bits per heavy atom. The number of piperidine rings is 1. The van der Waals surface area contributed by atoms with E-state index < -0.39 is 0 Å². The lowest BCUT2D eigenvalue weighted by Crippen LogP contribution is -2.48. The van der Waals surface area contributed by atoms with Gasteiger partial charge in [-0.2, -0.15) is 0 Å². The van der Waals surface area contributed by atoms with Crippen LogP contribution < -0.4 is 4.74 Å². The van der Waals surface area contributed by atoms with Crippen LogP contribution in [0.25, 0.3) is 0 Å². The van der Waals surface area contributed by atoms with Crippen molar-refractivity contribution in [1.29, 1.82) is 0 Å². The molecule has 0 aliphatic carbocycles. The van der Waals surface area contributed by atoms with E-state index in [9.17, 15) is 4.79 Å². The molecule has 0 radical (unpaired) electrons. The van der Waals surface area contributed by atoms with E-state index in [-0.39, 0.29) is 12.0 Å². The molecule has 1 fully saturated rings. The summed E-state index contributed by atoms with van der Waals surface area (Å²) in [6.45, 7) is 3.57. The Bertz CT molecular complexity index is 745. The summed E-state index contributed by atoms with van der Waals surface area (Å²) in [5, 5.41) is 0. The second kappa shape index (κ2) is 6.51. The van der Waals surface area contributed by atoms with Crippen LogP contribution in [0.4, 0.5) is 0 Å². The lowest BCUT2D eigenvalue weighted by Gasteiger charge is -2.36. The summed E-state index contributed by atoms with van der Waals surface area (Å²) in [6, 6.07) is 8.24. The number of carbonyl (C=O) groups excluding carboxylic acids is 1. The van der Waals surface area contributed by atoms with E-state index in [0.717, 1.165) is 42.4 Å². The number of aryl methyl sites for hydroxylation is 1. The zero-order valence-corrected chi connectivity index (χ0v) is 14.5. The van der Waals surface area contributed by atoms with Crippen molar-refractivity contribution in [2.75, 3.05) is 18.8 Å². The molecule has 24 heavy (non-hydrogen) atoms. The number of ether oxygens (including phenoxy) is 1. The van der Waals surface area contributed by atoms with Crippen LogP contribution in [0, 0.1) is 6.92 Å². The molecule has 4 rings (SSSR count). The molecule has 2 aromatic rings. The van der Waals surface area contributed by atoms with Gasteiger partial charge in [0.05, 0.1) is 6.04 Å². The van der Waals surface area contributed by atoms with Gasteiger partial charge in [-0.25, -0.2) is 4.98 Å². The van der Waals surface area contributed by atoms with E-state index in [1.165, 1.54) is 0 Å². The van der Waals surface area contributed by atoms with Gasteiger partial charge in [-0.3, -0.25) is 4.79 Å². The molecule has 0 saturated carbocycles. The molecule has 126 valence electrons. The smallest absolute Gasteiger partial charge is 0.264 e. The predicted octanol–water partition coefficient (Wildman–Crippen LogP) is 2.91. The molecule has 0 unspecified atom stereocenters. The van der Waals surface area contributed by atoms with Crippen LogP contribution >= 0.6 is 11.8 Å². The molecule has 0 N–H and O–H groups in total. The Kier molecular flexibility index (Phi) is 4.22. The van der Waals surface area contributed by atoms with Gasteiger partial charge in [-0.1, -0.05) is 12.1 Å².